The van der Waals surface area contributed by atoms with Crippen molar-refractivity contribution in [1.82, 2.24) is 15.2 Å². The Morgan fingerprint density at radius 3 is 2.35 bits per heavy atom. The Hall–Kier alpha value is -2.15. The van der Waals surface area contributed by atoms with Crippen molar-refractivity contribution in [2.24, 2.45) is 23.7 Å². The summed E-state index contributed by atoms with van der Waals surface area (Å²) >= 11 is 0. The van der Waals surface area contributed by atoms with Crippen LogP contribution in [0.5, 0.6) is 0 Å². The number of amides is 1. The summed E-state index contributed by atoms with van der Waals surface area (Å²) in [6.45, 7) is 4.16. The van der Waals surface area contributed by atoms with Crippen LogP contribution in [0.2, 0.25) is 0 Å². The van der Waals surface area contributed by atoms with Crippen molar-refractivity contribution in [3.05, 3.63) is 23.9 Å². The zero-order chi connectivity index (χ0) is 21.4. The van der Waals surface area contributed by atoms with Gasteiger partial charge in [0.25, 0.3) is 5.91 Å². The fourth-order valence-electron chi connectivity index (χ4n) is 6.66. The minimum absolute atomic E-state index is 0.0176. The lowest BCUT2D eigenvalue weighted by Crippen LogP contribution is -2.55. The zero-order valence-electron chi connectivity index (χ0n) is 18.5. The first-order chi connectivity index (χ1) is 15.1. The molecule has 31 heavy (non-hydrogen) atoms. The van der Waals surface area contributed by atoms with Crippen molar-refractivity contribution in [2.45, 2.75) is 44.6 Å². The first kappa shape index (κ1) is 20.7. The zero-order valence-corrected chi connectivity index (χ0v) is 18.5. The molecule has 168 valence electrons. The van der Waals surface area contributed by atoms with Crippen molar-refractivity contribution in [2.75, 3.05) is 44.7 Å². The summed E-state index contributed by atoms with van der Waals surface area (Å²) in [4.78, 5) is 33.6. The van der Waals surface area contributed by atoms with Gasteiger partial charge in [-0.2, -0.15) is 0 Å². The molecule has 1 aromatic heterocycles. The van der Waals surface area contributed by atoms with Crippen LogP contribution in [0.15, 0.2) is 18.2 Å². The Bertz CT molecular complexity index is 793. The van der Waals surface area contributed by atoms with Crippen molar-refractivity contribution >= 4 is 17.7 Å². The predicted octanol–water partition coefficient (Wildman–Crippen LogP) is 2.32. The van der Waals surface area contributed by atoms with Gasteiger partial charge >= 0.3 is 5.97 Å². The van der Waals surface area contributed by atoms with E-state index in [2.05, 4.69) is 15.1 Å². The summed E-state index contributed by atoms with van der Waals surface area (Å²) in [7, 11) is 1.43. The molecule has 1 aromatic rings. The van der Waals surface area contributed by atoms with E-state index < -0.39 is 0 Å². The lowest BCUT2D eigenvalue weighted by molar-refractivity contribution is -0.141. The first-order valence-electron chi connectivity index (χ1n) is 11.9. The summed E-state index contributed by atoms with van der Waals surface area (Å²) < 4.78 is 4.73. The highest BCUT2D eigenvalue weighted by molar-refractivity contribution is 5.93. The van der Waals surface area contributed by atoms with Crippen LogP contribution in [-0.2, 0) is 9.53 Å². The Morgan fingerprint density at radius 2 is 1.71 bits per heavy atom. The van der Waals surface area contributed by atoms with Gasteiger partial charge in [-0.15, -0.1) is 0 Å². The first-order valence-corrected chi connectivity index (χ1v) is 11.9. The number of hydrogen-bond acceptors (Lipinski definition) is 6. The molecule has 1 aliphatic heterocycles. The van der Waals surface area contributed by atoms with Crippen LogP contribution in [0, 0.1) is 23.7 Å². The molecule has 4 aliphatic carbocycles. The molecule has 1 N–H and O–H groups in total. The van der Waals surface area contributed by atoms with Crippen LogP contribution in [0.1, 0.15) is 49.0 Å². The third-order valence-corrected chi connectivity index (χ3v) is 8.05. The van der Waals surface area contributed by atoms with E-state index in [1.807, 2.05) is 18.2 Å². The SMILES string of the molecule is COC(=O)CCN1CCN(c2cccc(C(=O)NC3C4CC5CC(C4)CC3C5)n2)CC1. The fourth-order valence-corrected chi connectivity index (χ4v) is 6.66. The molecule has 0 radical (unpaired) electrons. The smallest absolute Gasteiger partial charge is 0.306 e. The molecular weight excluding hydrogens is 392 g/mol. The molecule has 0 spiro atoms. The van der Waals surface area contributed by atoms with E-state index in [4.69, 9.17) is 9.72 Å². The number of carbonyl (C=O) groups excluding carboxylic acids is 2. The van der Waals surface area contributed by atoms with Crippen molar-refractivity contribution in [3.63, 3.8) is 0 Å². The Balaban J connectivity index is 1.17. The van der Waals surface area contributed by atoms with Crippen LogP contribution < -0.4 is 10.2 Å². The standard InChI is InChI=1S/C24H34N4O3/c1-31-22(29)5-6-27-7-9-28(10-8-27)21-4-2-3-20(25-21)24(30)26-23-18-12-16-11-17(14-18)15-19(23)13-16/h2-4,16-19,23H,5-15H2,1H3,(H,26,30). The second-order valence-corrected chi connectivity index (χ2v) is 9.97. The number of carbonyl (C=O) groups is 2. The fraction of sp³-hybridized carbons (Fsp3) is 0.708. The van der Waals surface area contributed by atoms with Crippen molar-refractivity contribution in [1.29, 1.82) is 0 Å². The number of nitrogens with one attached hydrogen (secondary N) is 1. The van der Waals surface area contributed by atoms with Gasteiger partial charge < -0.3 is 15.0 Å². The lowest BCUT2D eigenvalue weighted by atomic mass is 9.54. The van der Waals surface area contributed by atoms with Crippen LogP contribution in [-0.4, -0.2) is 67.6 Å². The predicted molar refractivity (Wildman–Crippen MR) is 118 cm³/mol. The largest absolute Gasteiger partial charge is 0.469 e. The summed E-state index contributed by atoms with van der Waals surface area (Å²) in [6.07, 6.45) is 7.04. The highest BCUT2D eigenvalue weighted by atomic mass is 16.5. The molecule has 4 bridgehead atoms. The average molecular weight is 427 g/mol. The number of hydrogen-bond donors (Lipinski definition) is 1. The van der Waals surface area contributed by atoms with Crippen LogP contribution in [0.3, 0.4) is 0 Å². The van der Waals surface area contributed by atoms with Gasteiger partial charge in [0.1, 0.15) is 11.5 Å². The Kier molecular flexibility index (Phi) is 5.87. The molecule has 5 fully saturated rings. The normalized spacial score (nSPS) is 32.2. The third-order valence-electron chi connectivity index (χ3n) is 8.05. The maximum Gasteiger partial charge on any atom is 0.306 e. The van der Waals surface area contributed by atoms with E-state index in [0.717, 1.165) is 50.4 Å². The molecule has 0 atom stereocenters. The van der Waals surface area contributed by atoms with E-state index in [-0.39, 0.29) is 11.9 Å². The topological polar surface area (TPSA) is 74.8 Å². The van der Waals surface area contributed by atoms with Gasteiger partial charge in [-0.25, -0.2) is 4.98 Å². The molecule has 0 aromatic carbocycles. The van der Waals surface area contributed by atoms with E-state index in [1.165, 1.54) is 39.2 Å². The van der Waals surface area contributed by atoms with Gasteiger partial charge in [-0.05, 0) is 67.9 Å². The summed E-state index contributed by atoms with van der Waals surface area (Å²) in [5.74, 6) is 3.83. The molecule has 7 heteroatoms. The minimum atomic E-state index is -0.165. The quantitative estimate of drug-likeness (QED) is 0.704. The summed E-state index contributed by atoms with van der Waals surface area (Å²) in [5, 5.41) is 3.38. The van der Waals surface area contributed by atoms with E-state index in [9.17, 15) is 9.59 Å². The molecule has 5 aliphatic rings. The van der Waals surface area contributed by atoms with Crippen molar-refractivity contribution < 1.29 is 14.3 Å². The Morgan fingerprint density at radius 1 is 1.03 bits per heavy atom. The molecule has 2 heterocycles. The number of anilines is 1. The second kappa shape index (κ2) is 8.77. The molecule has 7 nitrogen and oxygen atoms in total. The maximum absolute atomic E-state index is 13.1. The molecule has 1 amide bonds. The van der Waals surface area contributed by atoms with Gasteiger partial charge in [-0.3, -0.25) is 14.5 Å². The second-order valence-electron chi connectivity index (χ2n) is 9.97. The molecule has 0 unspecified atom stereocenters. The van der Waals surface area contributed by atoms with Crippen molar-refractivity contribution in [3.8, 4) is 0 Å². The minimum Gasteiger partial charge on any atom is -0.469 e. The number of pyridine rings is 1. The van der Waals surface area contributed by atoms with Gasteiger partial charge in [0, 0.05) is 38.8 Å². The third kappa shape index (κ3) is 4.43. The van der Waals surface area contributed by atoms with Gasteiger partial charge in [0.15, 0.2) is 0 Å². The highest BCUT2D eigenvalue weighted by Crippen LogP contribution is 2.53. The number of aromatic nitrogens is 1. The van der Waals surface area contributed by atoms with Gasteiger partial charge in [0.2, 0.25) is 0 Å². The molecule has 4 saturated carbocycles. The molecule has 6 rings (SSSR count). The van der Waals surface area contributed by atoms with E-state index in [0.29, 0.717) is 30.0 Å². The van der Waals surface area contributed by atoms with Gasteiger partial charge in [-0.1, -0.05) is 6.07 Å². The highest BCUT2D eigenvalue weighted by Gasteiger charge is 2.48. The van der Waals surface area contributed by atoms with E-state index in [1.54, 1.807) is 0 Å². The maximum atomic E-state index is 13.1. The lowest BCUT2D eigenvalue weighted by Gasteiger charge is -2.54. The summed E-state index contributed by atoms with van der Waals surface area (Å²) in [6, 6.07) is 6.10. The van der Waals surface area contributed by atoms with Crippen LogP contribution >= 0.6 is 0 Å². The number of nitrogens with zero attached hydrogens (tertiary/aromatic N) is 3. The molecule has 1 saturated heterocycles. The number of rotatable bonds is 6. The van der Waals surface area contributed by atoms with Crippen LogP contribution in [0.4, 0.5) is 5.82 Å². The number of piperazine rings is 1. The van der Waals surface area contributed by atoms with Gasteiger partial charge in [0.05, 0.1) is 13.5 Å². The number of ether oxygens (including phenoxy) is 1. The summed E-state index contributed by atoms with van der Waals surface area (Å²) in [5.41, 5.74) is 0.527. The molecular formula is C24H34N4O3. The van der Waals surface area contributed by atoms with Crippen LogP contribution in [0.25, 0.3) is 0 Å². The Labute approximate surface area is 184 Å². The number of methoxy groups -OCH3 is 1. The average Bonchev–Trinajstić information content (AvgIpc) is 2.79. The number of esters is 1. The van der Waals surface area contributed by atoms with E-state index >= 15 is 0 Å². The monoisotopic (exact) mass is 426 g/mol.